The molecule has 4 aliphatic rings. The van der Waals surface area contributed by atoms with Crippen LogP contribution in [0.5, 0.6) is 0 Å². The van der Waals surface area contributed by atoms with Crippen molar-refractivity contribution in [3.05, 3.63) is 52.0 Å². The summed E-state index contributed by atoms with van der Waals surface area (Å²) in [5.74, 6) is -3.68. The molecule has 1 aromatic rings. The Bertz CT molecular complexity index is 1270. The standard InChI is InChI=1S/C28H31BrClN3O7/c1-16-15-31-20(35)10-3-2-6-11-32(19-9-5-4-8-18(19)30)26(37)24-28-14-17(29)23(40-28)21(27(38)39-16)22(28)25(36)33(24)12-7-13-34/h2,4-6,8-9,14,16,21-24,34H,3,7,10-13,15H2,1H3,(H,31,35)/b6-2-/t16-,21+,22-,23+,24+,28-/m0/s1. The molecule has 10 nitrogen and oxygen atoms in total. The molecule has 12 heteroatoms. The summed E-state index contributed by atoms with van der Waals surface area (Å²) in [6.45, 7) is 1.83. The van der Waals surface area contributed by atoms with Crippen molar-refractivity contribution in [3.8, 4) is 0 Å². The SMILES string of the molecule is C[C@H]1CNC(=O)CC/C=C\CN(c2ccccc2Cl)C(=O)[C@H]2N(CCCO)C(=O)[C@@H]3[C@@H](C(=O)O1)[C@@H]1O[C@@]32C=C1Br. The van der Waals surface area contributed by atoms with Gasteiger partial charge < -0.3 is 29.7 Å². The van der Waals surface area contributed by atoms with Crippen molar-refractivity contribution in [3.63, 3.8) is 0 Å². The van der Waals surface area contributed by atoms with Crippen molar-refractivity contribution in [1.29, 1.82) is 0 Å². The molecule has 4 aliphatic heterocycles. The molecule has 2 fully saturated rings. The summed E-state index contributed by atoms with van der Waals surface area (Å²) in [5.41, 5.74) is -0.977. The molecular weight excluding hydrogens is 606 g/mol. The van der Waals surface area contributed by atoms with Crippen LogP contribution in [0.25, 0.3) is 0 Å². The monoisotopic (exact) mass is 635 g/mol. The number of likely N-dealkylation sites (tertiary alicyclic amines) is 1. The number of aliphatic hydroxyl groups is 1. The number of aliphatic hydroxyl groups excluding tert-OH is 1. The Morgan fingerprint density at radius 2 is 1.95 bits per heavy atom. The number of nitrogens with zero attached hydrogens (tertiary/aromatic N) is 2. The molecule has 0 aliphatic carbocycles. The molecule has 0 radical (unpaired) electrons. The highest BCUT2D eigenvalue weighted by molar-refractivity contribution is 9.11. The number of fused-ring (bicyclic) bond motifs is 2. The van der Waals surface area contributed by atoms with E-state index in [0.29, 0.717) is 21.6 Å². The first-order valence-corrected chi connectivity index (χ1v) is 14.5. The Kier molecular flexibility index (Phi) is 8.37. The van der Waals surface area contributed by atoms with Crippen LogP contribution < -0.4 is 10.2 Å². The predicted molar refractivity (Wildman–Crippen MR) is 150 cm³/mol. The fourth-order valence-corrected chi connectivity index (χ4v) is 7.02. The van der Waals surface area contributed by atoms with Crippen LogP contribution in [0.4, 0.5) is 5.69 Å². The van der Waals surface area contributed by atoms with Crippen LogP contribution in [0.1, 0.15) is 26.2 Å². The Morgan fingerprint density at radius 1 is 1.18 bits per heavy atom. The van der Waals surface area contributed by atoms with Crippen molar-refractivity contribution in [2.24, 2.45) is 11.8 Å². The lowest BCUT2D eigenvalue weighted by atomic mass is 9.74. The first-order valence-electron chi connectivity index (χ1n) is 13.3. The van der Waals surface area contributed by atoms with Gasteiger partial charge >= 0.3 is 5.97 Å². The molecule has 40 heavy (non-hydrogen) atoms. The zero-order valence-corrected chi connectivity index (χ0v) is 24.3. The number of amides is 3. The molecule has 6 atom stereocenters. The lowest BCUT2D eigenvalue weighted by Crippen LogP contribution is -2.56. The smallest absolute Gasteiger partial charge is 0.313 e. The summed E-state index contributed by atoms with van der Waals surface area (Å²) in [4.78, 5) is 57.3. The third-order valence-corrected chi connectivity index (χ3v) is 8.79. The molecule has 4 heterocycles. The van der Waals surface area contributed by atoms with E-state index < -0.39 is 53.5 Å². The summed E-state index contributed by atoms with van der Waals surface area (Å²) in [6.07, 6.45) is 4.78. The highest BCUT2D eigenvalue weighted by atomic mass is 79.9. The topological polar surface area (TPSA) is 125 Å². The molecule has 2 saturated heterocycles. The van der Waals surface area contributed by atoms with Crippen LogP contribution in [-0.4, -0.2) is 83.8 Å². The van der Waals surface area contributed by atoms with Crippen LogP contribution in [0, 0.1) is 11.8 Å². The summed E-state index contributed by atoms with van der Waals surface area (Å²) >= 11 is 10.0. The van der Waals surface area contributed by atoms with Crippen LogP contribution in [0.3, 0.4) is 0 Å². The Morgan fingerprint density at radius 3 is 2.70 bits per heavy atom. The lowest BCUT2D eigenvalue weighted by molar-refractivity contribution is -0.158. The highest BCUT2D eigenvalue weighted by Crippen LogP contribution is 2.59. The molecule has 1 aromatic carbocycles. The van der Waals surface area contributed by atoms with Gasteiger partial charge in [-0.05, 0) is 38.0 Å². The Labute approximate surface area is 245 Å². The number of esters is 1. The molecule has 214 valence electrons. The summed E-state index contributed by atoms with van der Waals surface area (Å²) in [7, 11) is 0. The van der Waals surface area contributed by atoms with Crippen LogP contribution >= 0.6 is 27.5 Å². The van der Waals surface area contributed by atoms with Gasteiger partial charge in [0, 0.05) is 30.6 Å². The molecule has 3 amide bonds. The van der Waals surface area contributed by atoms with Gasteiger partial charge in [-0.3, -0.25) is 19.2 Å². The highest BCUT2D eigenvalue weighted by Gasteiger charge is 2.74. The van der Waals surface area contributed by atoms with Crippen molar-refractivity contribution in [2.75, 3.05) is 31.1 Å². The minimum atomic E-state index is -1.43. The van der Waals surface area contributed by atoms with Gasteiger partial charge in [-0.1, -0.05) is 51.8 Å². The van der Waals surface area contributed by atoms with E-state index in [2.05, 4.69) is 21.2 Å². The van der Waals surface area contributed by atoms with E-state index in [0.717, 1.165) is 0 Å². The molecule has 0 unspecified atom stereocenters. The second-order valence-corrected chi connectivity index (χ2v) is 11.7. The molecule has 5 rings (SSSR count). The molecule has 5 bridgehead atoms. The third kappa shape index (κ3) is 4.97. The number of hydrogen-bond acceptors (Lipinski definition) is 7. The van der Waals surface area contributed by atoms with E-state index in [1.165, 1.54) is 9.80 Å². The first-order chi connectivity index (χ1) is 19.2. The second kappa shape index (κ2) is 11.6. The van der Waals surface area contributed by atoms with E-state index >= 15 is 0 Å². The number of nitrogens with one attached hydrogen (secondary N) is 1. The number of allylic oxidation sites excluding steroid dienone is 1. The van der Waals surface area contributed by atoms with Gasteiger partial charge in [-0.2, -0.15) is 0 Å². The number of hydrogen-bond donors (Lipinski definition) is 2. The maximum Gasteiger partial charge on any atom is 0.313 e. The average molecular weight is 637 g/mol. The number of halogens is 2. The summed E-state index contributed by atoms with van der Waals surface area (Å²) in [5, 5.41) is 12.7. The van der Waals surface area contributed by atoms with Gasteiger partial charge in [0.2, 0.25) is 11.8 Å². The fourth-order valence-electron chi connectivity index (χ4n) is 6.05. The molecule has 1 spiro atoms. The fraction of sp³-hybridized carbons (Fsp3) is 0.500. The van der Waals surface area contributed by atoms with Gasteiger partial charge in [0.25, 0.3) is 5.91 Å². The van der Waals surface area contributed by atoms with Crippen molar-refractivity contribution in [2.45, 2.75) is 50.0 Å². The minimum Gasteiger partial charge on any atom is -0.460 e. The third-order valence-electron chi connectivity index (χ3n) is 7.80. The van der Waals surface area contributed by atoms with E-state index in [-0.39, 0.29) is 45.0 Å². The number of benzene rings is 1. The van der Waals surface area contributed by atoms with Crippen molar-refractivity contribution < 1.29 is 33.8 Å². The molecule has 2 N–H and O–H groups in total. The average Bonchev–Trinajstić information content (AvgIpc) is 3.51. The number of carbonyl (C=O) groups excluding carboxylic acids is 4. The normalized spacial score (nSPS) is 33.5. The number of cyclic esters (lactones) is 1. The van der Waals surface area contributed by atoms with E-state index in [9.17, 15) is 24.3 Å². The largest absolute Gasteiger partial charge is 0.460 e. The Balaban J connectivity index is 1.62. The molecule has 0 saturated carbocycles. The minimum absolute atomic E-state index is 0.0971. The van der Waals surface area contributed by atoms with Crippen LogP contribution in [0.2, 0.25) is 5.02 Å². The predicted octanol–water partition coefficient (Wildman–Crippen LogP) is 2.33. The number of anilines is 1. The lowest BCUT2D eigenvalue weighted by Gasteiger charge is -2.36. The molecule has 0 aromatic heterocycles. The quantitative estimate of drug-likeness (QED) is 0.384. The number of ether oxygens (including phenoxy) is 2. The molecular formula is C28H31BrClN3O7. The van der Waals surface area contributed by atoms with E-state index in [1.54, 1.807) is 43.3 Å². The number of rotatable bonds is 4. The number of carbonyl (C=O) groups is 4. The van der Waals surface area contributed by atoms with Gasteiger partial charge in [0.1, 0.15) is 29.8 Å². The zero-order chi connectivity index (χ0) is 28.6. The van der Waals surface area contributed by atoms with Crippen LogP contribution in [-0.2, 0) is 28.7 Å². The summed E-state index contributed by atoms with van der Waals surface area (Å²) in [6, 6.07) is 5.79. The van der Waals surface area contributed by atoms with Gasteiger partial charge in [0.05, 0.1) is 23.2 Å². The van der Waals surface area contributed by atoms with Crippen LogP contribution in [0.15, 0.2) is 47.0 Å². The zero-order valence-electron chi connectivity index (χ0n) is 21.9. The first kappa shape index (κ1) is 28.8. The second-order valence-electron chi connectivity index (χ2n) is 10.4. The van der Waals surface area contributed by atoms with Crippen molar-refractivity contribution >= 4 is 56.9 Å². The maximum absolute atomic E-state index is 14.6. The van der Waals surface area contributed by atoms with Gasteiger partial charge in [-0.15, -0.1) is 0 Å². The number of para-hydroxylation sites is 1. The van der Waals surface area contributed by atoms with Crippen molar-refractivity contribution in [1.82, 2.24) is 10.2 Å². The maximum atomic E-state index is 14.6. The summed E-state index contributed by atoms with van der Waals surface area (Å²) < 4.78 is 12.7. The van der Waals surface area contributed by atoms with Gasteiger partial charge in [-0.25, -0.2) is 0 Å². The Hall–Kier alpha value is -2.73. The van der Waals surface area contributed by atoms with E-state index in [4.69, 9.17) is 21.1 Å². The van der Waals surface area contributed by atoms with Gasteiger partial charge in [0.15, 0.2) is 0 Å². The van der Waals surface area contributed by atoms with E-state index in [1.807, 2.05) is 6.08 Å².